The first-order valence-electron chi connectivity index (χ1n) is 8.52. The Kier molecular flexibility index (Phi) is 7.86. The summed E-state index contributed by atoms with van der Waals surface area (Å²) in [6.07, 6.45) is 4.41. The van der Waals surface area contributed by atoms with Gasteiger partial charge in [-0.05, 0) is 43.5 Å². The topological polar surface area (TPSA) is 41.6 Å². The lowest BCUT2D eigenvalue weighted by molar-refractivity contribution is -0.121. The molecule has 2 rings (SSSR count). The number of hydrogen-bond acceptors (Lipinski definition) is 3. The summed E-state index contributed by atoms with van der Waals surface area (Å²) in [6, 6.07) is 7.57. The van der Waals surface area contributed by atoms with Crippen LogP contribution in [-0.2, 0) is 16.1 Å². The predicted molar refractivity (Wildman–Crippen MR) is 93.6 cm³/mol. The smallest absolute Gasteiger partial charge is 0.221 e. The van der Waals surface area contributed by atoms with Crippen molar-refractivity contribution >= 4 is 17.5 Å². The summed E-state index contributed by atoms with van der Waals surface area (Å²) in [4.78, 5) is 14.3. The molecular formula is C18H27ClN2O2. The SMILES string of the molecule is CCN(CCC(=O)NCc1cccc(Cl)c1)CC1CCCCO1. The molecule has 0 radical (unpaired) electrons. The van der Waals surface area contributed by atoms with Crippen molar-refractivity contribution in [1.29, 1.82) is 0 Å². The Balaban J connectivity index is 1.67. The van der Waals surface area contributed by atoms with E-state index in [1.807, 2.05) is 24.3 Å². The van der Waals surface area contributed by atoms with E-state index < -0.39 is 0 Å². The molecule has 1 aromatic rings. The molecule has 1 aliphatic rings. The Hall–Kier alpha value is -1.10. The van der Waals surface area contributed by atoms with Gasteiger partial charge in [-0.3, -0.25) is 4.79 Å². The van der Waals surface area contributed by atoms with Gasteiger partial charge >= 0.3 is 0 Å². The van der Waals surface area contributed by atoms with Crippen LogP contribution >= 0.6 is 11.6 Å². The Labute approximate surface area is 144 Å². The highest BCUT2D eigenvalue weighted by Crippen LogP contribution is 2.14. The second kappa shape index (κ2) is 9.91. The van der Waals surface area contributed by atoms with Gasteiger partial charge in [-0.25, -0.2) is 0 Å². The summed E-state index contributed by atoms with van der Waals surface area (Å²) in [6.45, 7) is 6.18. The fourth-order valence-corrected chi connectivity index (χ4v) is 3.03. The van der Waals surface area contributed by atoms with Crippen LogP contribution in [0.25, 0.3) is 0 Å². The number of hydrogen-bond donors (Lipinski definition) is 1. The van der Waals surface area contributed by atoms with Gasteiger partial charge in [0.25, 0.3) is 0 Å². The van der Waals surface area contributed by atoms with E-state index in [9.17, 15) is 4.79 Å². The van der Waals surface area contributed by atoms with Crippen LogP contribution in [0.1, 0.15) is 38.2 Å². The Morgan fingerprint density at radius 3 is 3.00 bits per heavy atom. The van der Waals surface area contributed by atoms with E-state index >= 15 is 0 Å². The van der Waals surface area contributed by atoms with Crippen LogP contribution in [0.15, 0.2) is 24.3 Å². The van der Waals surface area contributed by atoms with E-state index in [0.717, 1.165) is 38.2 Å². The largest absolute Gasteiger partial charge is 0.377 e. The van der Waals surface area contributed by atoms with Crippen molar-refractivity contribution in [2.75, 3.05) is 26.2 Å². The number of amides is 1. The minimum atomic E-state index is 0.0768. The van der Waals surface area contributed by atoms with Crippen molar-refractivity contribution in [3.63, 3.8) is 0 Å². The maximum atomic E-state index is 12.0. The van der Waals surface area contributed by atoms with Crippen LogP contribution in [0.3, 0.4) is 0 Å². The van der Waals surface area contributed by atoms with Crippen molar-refractivity contribution in [3.05, 3.63) is 34.9 Å². The van der Waals surface area contributed by atoms with E-state index in [2.05, 4.69) is 17.1 Å². The number of halogens is 1. The summed E-state index contributed by atoms with van der Waals surface area (Å²) < 4.78 is 5.78. The van der Waals surface area contributed by atoms with Gasteiger partial charge in [0.05, 0.1) is 6.10 Å². The van der Waals surface area contributed by atoms with Crippen LogP contribution in [0.2, 0.25) is 5.02 Å². The van der Waals surface area contributed by atoms with Crippen LogP contribution in [-0.4, -0.2) is 43.2 Å². The van der Waals surface area contributed by atoms with Crippen molar-refractivity contribution in [3.8, 4) is 0 Å². The predicted octanol–water partition coefficient (Wildman–Crippen LogP) is 3.24. The van der Waals surface area contributed by atoms with Gasteiger partial charge in [0.15, 0.2) is 0 Å². The standard InChI is InChI=1S/C18H27ClN2O2/c1-2-21(14-17-8-3-4-11-23-17)10-9-18(22)20-13-15-6-5-7-16(19)12-15/h5-7,12,17H,2-4,8-11,13-14H2,1H3,(H,20,22). The van der Waals surface area contributed by atoms with Crippen LogP contribution in [0.4, 0.5) is 0 Å². The summed E-state index contributed by atoms with van der Waals surface area (Å²) in [7, 11) is 0. The molecule has 5 heteroatoms. The second-order valence-electron chi connectivity index (χ2n) is 6.04. The zero-order valence-electron chi connectivity index (χ0n) is 13.9. The molecule has 0 saturated carbocycles. The molecule has 1 N–H and O–H groups in total. The Morgan fingerprint density at radius 1 is 1.43 bits per heavy atom. The number of nitrogens with zero attached hydrogens (tertiary/aromatic N) is 1. The first kappa shape index (κ1) is 18.2. The van der Waals surface area contributed by atoms with Crippen molar-refractivity contribution in [1.82, 2.24) is 10.2 Å². The highest BCUT2D eigenvalue weighted by Gasteiger charge is 2.17. The first-order chi connectivity index (χ1) is 11.2. The second-order valence-corrected chi connectivity index (χ2v) is 6.47. The van der Waals surface area contributed by atoms with E-state index in [1.54, 1.807) is 0 Å². The highest BCUT2D eigenvalue weighted by atomic mass is 35.5. The van der Waals surface area contributed by atoms with E-state index in [-0.39, 0.29) is 5.91 Å². The lowest BCUT2D eigenvalue weighted by Crippen LogP contribution is -2.38. The van der Waals surface area contributed by atoms with E-state index in [4.69, 9.17) is 16.3 Å². The molecule has 0 aliphatic carbocycles. The van der Waals surface area contributed by atoms with Gasteiger partial charge in [-0.1, -0.05) is 30.7 Å². The third kappa shape index (κ3) is 6.90. The summed E-state index contributed by atoms with van der Waals surface area (Å²) in [5.74, 6) is 0.0768. The van der Waals surface area contributed by atoms with Gasteiger partial charge in [0, 0.05) is 37.7 Å². The number of nitrogens with one attached hydrogen (secondary N) is 1. The minimum absolute atomic E-state index is 0.0768. The fourth-order valence-electron chi connectivity index (χ4n) is 2.81. The van der Waals surface area contributed by atoms with Gasteiger partial charge in [-0.15, -0.1) is 0 Å². The molecule has 0 aromatic heterocycles. The van der Waals surface area contributed by atoms with Gasteiger partial charge in [0.2, 0.25) is 5.91 Å². The molecule has 1 fully saturated rings. The summed E-state index contributed by atoms with van der Waals surface area (Å²) >= 11 is 5.94. The molecule has 1 heterocycles. The number of ether oxygens (including phenoxy) is 1. The number of rotatable bonds is 8. The number of carbonyl (C=O) groups excluding carboxylic acids is 1. The summed E-state index contributed by atoms with van der Waals surface area (Å²) in [5, 5.41) is 3.65. The number of likely N-dealkylation sites (N-methyl/N-ethyl adjacent to an activating group) is 1. The zero-order chi connectivity index (χ0) is 16.5. The molecule has 1 amide bonds. The maximum Gasteiger partial charge on any atom is 0.221 e. The lowest BCUT2D eigenvalue weighted by atomic mass is 10.1. The van der Waals surface area contributed by atoms with Crippen molar-refractivity contribution in [2.24, 2.45) is 0 Å². The Bertz CT molecular complexity index is 490. The maximum absolute atomic E-state index is 12.0. The molecule has 1 saturated heterocycles. The average molecular weight is 339 g/mol. The van der Waals surface area contributed by atoms with Crippen LogP contribution < -0.4 is 5.32 Å². The number of carbonyl (C=O) groups is 1. The third-order valence-corrected chi connectivity index (χ3v) is 4.45. The quantitative estimate of drug-likeness (QED) is 0.791. The van der Waals surface area contributed by atoms with E-state index in [1.165, 1.54) is 12.8 Å². The fraction of sp³-hybridized carbons (Fsp3) is 0.611. The monoisotopic (exact) mass is 338 g/mol. The summed E-state index contributed by atoms with van der Waals surface area (Å²) in [5.41, 5.74) is 1.02. The number of benzene rings is 1. The van der Waals surface area contributed by atoms with Crippen molar-refractivity contribution in [2.45, 2.75) is 45.3 Å². The van der Waals surface area contributed by atoms with Crippen molar-refractivity contribution < 1.29 is 9.53 Å². The normalized spacial score (nSPS) is 18.1. The molecule has 1 aromatic carbocycles. The minimum Gasteiger partial charge on any atom is -0.377 e. The Morgan fingerprint density at radius 2 is 2.30 bits per heavy atom. The molecule has 0 bridgehead atoms. The lowest BCUT2D eigenvalue weighted by Gasteiger charge is -2.29. The third-order valence-electron chi connectivity index (χ3n) is 4.22. The molecule has 128 valence electrons. The van der Waals surface area contributed by atoms with E-state index in [0.29, 0.717) is 24.1 Å². The molecule has 1 unspecified atom stereocenters. The molecule has 1 aliphatic heterocycles. The molecular weight excluding hydrogens is 312 g/mol. The van der Waals surface area contributed by atoms with Crippen LogP contribution in [0, 0.1) is 0 Å². The molecule has 4 nitrogen and oxygen atoms in total. The first-order valence-corrected chi connectivity index (χ1v) is 8.90. The van der Waals surface area contributed by atoms with Crippen LogP contribution in [0.5, 0.6) is 0 Å². The molecule has 23 heavy (non-hydrogen) atoms. The van der Waals surface area contributed by atoms with Gasteiger partial charge in [0.1, 0.15) is 0 Å². The van der Waals surface area contributed by atoms with Gasteiger partial charge < -0.3 is 15.0 Å². The molecule has 1 atom stereocenters. The average Bonchev–Trinajstić information content (AvgIpc) is 2.57. The highest BCUT2D eigenvalue weighted by molar-refractivity contribution is 6.30. The molecule has 0 spiro atoms. The zero-order valence-corrected chi connectivity index (χ0v) is 14.6. The van der Waals surface area contributed by atoms with Gasteiger partial charge in [-0.2, -0.15) is 0 Å².